The van der Waals surface area contributed by atoms with Crippen LogP contribution >= 0.6 is 0 Å². The van der Waals surface area contributed by atoms with Crippen molar-refractivity contribution < 1.29 is 19.4 Å². The molecule has 0 saturated carbocycles. The highest BCUT2D eigenvalue weighted by atomic mass is 16.5. The van der Waals surface area contributed by atoms with Crippen LogP contribution in [0.4, 0.5) is 0 Å². The largest absolute Gasteiger partial charge is 0.481 e. The lowest BCUT2D eigenvalue weighted by molar-refractivity contribution is -0.141. The Morgan fingerprint density at radius 1 is 0.778 bits per heavy atom. The quantitative estimate of drug-likeness (QED) is 0.213. The third-order valence-electron chi connectivity index (χ3n) is 4.49. The maximum atomic E-state index is 10.3. The fraction of sp³-hybridized carbons (Fsp3) is 0.913. The molecule has 0 aliphatic rings. The number of ether oxygens (including phenoxy) is 1. The Morgan fingerprint density at radius 3 is 1.52 bits per heavy atom. The maximum Gasteiger partial charge on any atom is 0.303 e. The van der Waals surface area contributed by atoms with Gasteiger partial charge in [0.05, 0.1) is 6.61 Å². The lowest BCUT2D eigenvalue weighted by Crippen LogP contribution is -2.02. The van der Waals surface area contributed by atoms with E-state index >= 15 is 0 Å². The van der Waals surface area contributed by atoms with Gasteiger partial charge in [0, 0.05) is 13.3 Å². The fourth-order valence-corrected chi connectivity index (χ4v) is 2.73. The number of carbonyl (C=O) groups excluding carboxylic acids is 1. The molecular weight excluding hydrogens is 340 g/mol. The van der Waals surface area contributed by atoms with Gasteiger partial charge in [-0.3, -0.25) is 9.59 Å². The minimum Gasteiger partial charge on any atom is -0.481 e. The monoisotopic (exact) mass is 386 g/mol. The van der Waals surface area contributed by atoms with E-state index < -0.39 is 5.97 Å². The van der Waals surface area contributed by atoms with Gasteiger partial charge in [-0.1, -0.05) is 97.8 Å². The second kappa shape index (κ2) is 23.0. The van der Waals surface area contributed by atoms with Crippen molar-refractivity contribution in [1.82, 2.24) is 0 Å². The molecule has 27 heavy (non-hydrogen) atoms. The number of carboxylic acid groups (broad SMARTS) is 1. The van der Waals surface area contributed by atoms with Crippen molar-refractivity contribution in [3.8, 4) is 0 Å². The summed E-state index contributed by atoms with van der Waals surface area (Å²) in [7, 11) is 0. The first-order chi connectivity index (χ1) is 12.9. The van der Waals surface area contributed by atoms with Crippen LogP contribution in [-0.4, -0.2) is 23.7 Å². The first kappa shape index (κ1) is 28.2. The average Bonchev–Trinajstić information content (AvgIpc) is 2.58. The molecular formula is C23H46O4. The third kappa shape index (κ3) is 33.0. The molecule has 0 amide bonds. The van der Waals surface area contributed by atoms with Crippen molar-refractivity contribution in [2.45, 2.75) is 124 Å². The Kier molecular flexibility index (Phi) is 24.0. The van der Waals surface area contributed by atoms with Gasteiger partial charge >= 0.3 is 11.9 Å². The summed E-state index contributed by atoms with van der Waals surface area (Å²) in [4.78, 5) is 20.5. The highest BCUT2D eigenvalue weighted by Gasteiger charge is 1.97. The molecule has 0 bridgehead atoms. The molecule has 4 heteroatoms. The van der Waals surface area contributed by atoms with E-state index in [1.165, 1.54) is 77.6 Å². The zero-order valence-electron chi connectivity index (χ0n) is 18.6. The Balaban J connectivity index is 0. The van der Waals surface area contributed by atoms with E-state index in [-0.39, 0.29) is 5.97 Å². The van der Waals surface area contributed by atoms with Gasteiger partial charge in [0.2, 0.25) is 0 Å². The summed E-state index contributed by atoms with van der Waals surface area (Å²) in [5.41, 5.74) is 0. The first-order valence-corrected chi connectivity index (χ1v) is 11.2. The number of aliphatic carboxylic acids is 1. The van der Waals surface area contributed by atoms with Gasteiger partial charge in [0.15, 0.2) is 0 Å². The zero-order valence-corrected chi connectivity index (χ0v) is 18.6. The molecule has 0 fully saturated rings. The van der Waals surface area contributed by atoms with E-state index in [1.54, 1.807) is 0 Å². The molecule has 0 radical (unpaired) electrons. The predicted octanol–water partition coefficient (Wildman–Crippen LogP) is 7.15. The Hall–Kier alpha value is -1.06. The smallest absolute Gasteiger partial charge is 0.303 e. The minimum absolute atomic E-state index is 0.185. The number of carbonyl (C=O) groups is 2. The van der Waals surface area contributed by atoms with E-state index in [0.717, 1.165) is 19.3 Å². The molecule has 0 unspecified atom stereocenters. The molecule has 0 spiro atoms. The van der Waals surface area contributed by atoms with Crippen LogP contribution in [0.15, 0.2) is 0 Å². The number of hydrogen-bond acceptors (Lipinski definition) is 3. The predicted molar refractivity (Wildman–Crippen MR) is 114 cm³/mol. The Morgan fingerprint density at radius 2 is 1.19 bits per heavy atom. The molecule has 0 aromatic rings. The van der Waals surface area contributed by atoms with Gasteiger partial charge in [-0.25, -0.2) is 0 Å². The molecule has 0 heterocycles. The summed E-state index contributed by atoms with van der Waals surface area (Å²) in [6, 6.07) is 0. The Labute approximate surface area is 168 Å². The standard InChI is InChI=1S/C16H32O2.C7H14O2/c1-2-3-4-5-6-7-8-9-10-11-12-13-14-15-16(17)18;1-6(2)4-5-9-7(3)8/h2-15H2,1H3,(H,17,18);6H,4-5H2,1-3H3. The molecule has 0 aromatic carbocycles. The molecule has 0 aliphatic heterocycles. The van der Waals surface area contributed by atoms with Crippen molar-refractivity contribution in [1.29, 1.82) is 0 Å². The van der Waals surface area contributed by atoms with E-state index in [2.05, 4.69) is 20.8 Å². The van der Waals surface area contributed by atoms with Crippen molar-refractivity contribution in [3.05, 3.63) is 0 Å². The molecule has 0 aromatic heterocycles. The summed E-state index contributed by atoms with van der Waals surface area (Å²) in [6.45, 7) is 8.46. The number of rotatable bonds is 17. The maximum absolute atomic E-state index is 10.3. The van der Waals surface area contributed by atoms with Gasteiger partial charge in [-0.15, -0.1) is 0 Å². The van der Waals surface area contributed by atoms with Crippen LogP contribution in [0.5, 0.6) is 0 Å². The lowest BCUT2D eigenvalue weighted by Gasteiger charge is -2.02. The third-order valence-corrected chi connectivity index (χ3v) is 4.49. The van der Waals surface area contributed by atoms with Crippen molar-refractivity contribution in [3.63, 3.8) is 0 Å². The van der Waals surface area contributed by atoms with Crippen LogP contribution in [0, 0.1) is 5.92 Å². The molecule has 4 nitrogen and oxygen atoms in total. The topological polar surface area (TPSA) is 63.6 Å². The second-order valence-electron chi connectivity index (χ2n) is 7.91. The first-order valence-electron chi connectivity index (χ1n) is 11.2. The summed E-state index contributed by atoms with van der Waals surface area (Å²) in [5, 5.41) is 8.49. The summed E-state index contributed by atoms with van der Waals surface area (Å²) in [6.07, 6.45) is 18.2. The van der Waals surface area contributed by atoms with Crippen LogP contribution in [-0.2, 0) is 14.3 Å². The number of unbranched alkanes of at least 4 members (excludes halogenated alkanes) is 12. The molecule has 0 saturated heterocycles. The molecule has 0 aliphatic carbocycles. The van der Waals surface area contributed by atoms with Gasteiger partial charge < -0.3 is 9.84 Å². The summed E-state index contributed by atoms with van der Waals surface area (Å²) in [5.74, 6) is -0.224. The Bertz CT molecular complexity index is 326. The van der Waals surface area contributed by atoms with Crippen molar-refractivity contribution in [2.24, 2.45) is 5.92 Å². The molecule has 0 rings (SSSR count). The van der Waals surface area contributed by atoms with E-state index in [1.807, 2.05) is 0 Å². The highest BCUT2D eigenvalue weighted by Crippen LogP contribution is 2.12. The zero-order chi connectivity index (χ0) is 20.8. The molecule has 1 N–H and O–H groups in total. The van der Waals surface area contributed by atoms with E-state index in [4.69, 9.17) is 9.84 Å². The van der Waals surface area contributed by atoms with Gasteiger partial charge in [0.25, 0.3) is 0 Å². The van der Waals surface area contributed by atoms with Gasteiger partial charge in [-0.05, 0) is 18.8 Å². The van der Waals surface area contributed by atoms with Crippen LogP contribution in [0.3, 0.4) is 0 Å². The average molecular weight is 387 g/mol. The van der Waals surface area contributed by atoms with Crippen LogP contribution in [0.25, 0.3) is 0 Å². The van der Waals surface area contributed by atoms with Crippen molar-refractivity contribution in [2.75, 3.05) is 6.61 Å². The number of hydrogen-bond donors (Lipinski definition) is 1. The van der Waals surface area contributed by atoms with Crippen LogP contribution in [0.1, 0.15) is 124 Å². The summed E-state index contributed by atoms with van der Waals surface area (Å²) >= 11 is 0. The minimum atomic E-state index is -0.655. The van der Waals surface area contributed by atoms with Crippen LogP contribution in [0.2, 0.25) is 0 Å². The van der Waals surface area contributed by atoms with E-state index in [9.17, 15) is 9.59 Å². The second-order valence-corrected chi connectivity index (χ2v) is 7.91. The number of esters is 1. The normalized spacial score (nSPS) is 10.4. The lowest BCUT2D eigenvalue weighted by atomic mass is 10.0. The van der Waals surface area contributed by atoms with Gasteiger partial charge in [0.1, 0.15) is 0 Å². The SMILES string of the molecule is CC(=O)OCCC(C)C.CCCCCCCCCCCCCCCC(=O)O. The van der Waals surface area contributed by atoms with E-state index in [0.29, 0.717) is 18.9 Å². The number of carboxylic acids is 1. The van der Waals surface area contributed by atoms with Crippen LogP contribution < -0.4 is 0 Å². The fourth-order valence-electron chi connectivity index (χ4n) is 2.73. The highest BCUT2D eigenvalue weighted by molar-refractivity contribution is 5.66. The molecule has 162 valence electrons. The molecule has 0 atom stereocenters. The van der Waals surface area contributed by atoms with Crippen molar-refractivity contribution >= 4 is 11.9 Å². The van der Waals surface area contributed by atoms with Gasteiger partial charge in [-0.2, -0.15) is 0 Å². The summed E-state index contributed by atoms with van der Waals surface area (Å²) < 4.78 is 4.71.